The van der Waals surface area contributed by atoms with Crippen molar-refractivity contribution in [3.8, 4) is 0 Å². The highest BCUT2D eigenvalue weighted by molar-refractivity contribution is 6.04. The quantitative estimate of drug-likeness (QED) is 0.338. The molecule has 0 bridgehead atoms. The van der Waals surface area contributed by atoms with Gasteiger partial charge in [-0.3, -0.25) is 0 Å². The van der Waals surface area contributed by atoms with Crippen LogP contribution < -0.4 is 0 Å². The molecule has 0 fully saturated rings. The van der Waals surface area contributed by atoms with Crippen molar-refractivity contribution in [2.75, 3.05) is 0 Å². The molecule has 0 nitrogen and oxygen atoms in total. The Morgan fingerprint density at radius 1 is 0.296 bits per heavy atom. The summed E-state index contributed by atoms with van der Waals surface area (Å²) in [6.07, 6.45) is 0. The van der Waals surface area contributed by atoms with Crippen molar-refractivity contribution in [2.45, 2.75) is 0 Å². The van der Waals surface area contributed by atoms with E-state index in [-0.39, 0.29) is 8.41 Å². The molecule has 0 radical (unpaired) electrons. The van der Waals surface area contributed by atoms with Crippen LogP contribution in [-0.4, -0.2) is 8.41 Å². The van der Waals surface area contributed by atoms with Gasteiger partial charge in [-0.15, -0.1) is 0 Å². The third-order valence-corrected chi connectivity index (χ3v) is 4.50. The molecule has 0 aliphatic heterocycles. The van der Waals surface area contributed by atoms with Crippen LogP contribution in [0.5, 0.6) is 0 Å². The first-order valence-electron chi connectivity index (χ1n) is 8.89. The summed E-state index contributed by atoms with van der Waals surface area (Å²) in [6, 6.07) is 42.6. The maximum atomic E-state index is 2.19. The molecule has 130 valence electrons. The SMILES string of the molecule is B.c1ccc(C(=C(c2ccccc2)c2ccccc2)c2ccccc2)cc1. The Hall–Kier alpha value is -3.32. The van der Waals surface area contributed by atoms with Crippen LogP contribution in [0.25, 0.3) is 11.1 Å². The highest BCUT2D eigenvalue weighted by Gasteiger charge is 2.15. The van der Waals surface area contributed by atoms with E-state index in [2.05, 4.69) is 121 Å². The first-order valence-corrected chi connectivity index (χ1v) is 8.89. The van der Waals surface area contributed by atoms with E-state index in [9.17, 15) is 0 Å². The Morgan fingerprint density at radius 3 is 0.667 bits per heavy atom. The van der Waals surface area contributed by atoms with Crippen molar-refractivity contribution in [3.05, 3.63) is 144 Å². The van der Waals surface area contributed by atoms with Gasteiger partial charge >= 0.3 is 0 Å². The Labute approximate surface area is 163 Å². The topological polar surface area (TPSA) is 0 Å². The molecule has 0 heterocycles. The Morgan fingerprint density at radius 2 is 0.481 bits per heavy atom. The molecule has 27 heavy (non-hydrogen) atoms. The Kier molecular flexibility index (Phi) is 6.07. The highest BCUT2D eigenvalue weighted by Crippen LogP contribution is 2.36. The normalized spacial score (nSPS) is 9.93. The van der Waals surface area contributed by atoms with Crippen molar-refractivity contribution in [2.24, 2.45) is 0 Å². The smallest absolute Gasteiger partial charge is 0.0622 e. The predicted octanol–water partition coefficient (Wildman–Crippen LogP) is 5.51. The van der Waals surface area contributed by atoms with Crippen molar-refractivity contribution in [1.29, 1.82) is 0 Å². The van der Waals surface area contributed by atoms with Gasteiger partial charge in [0.15, 0.2) is 0 Å². The third kappa shape index (κ3) is 4.10. The van der Waals surface area contributed by atoms with Crippen LogP contribution in [0.2, 0.25) is 0 Å². The molecule has 0 amide bonds. The highest BCUT2D eigenvalue weighted by atomic mass is 14.2. The van der Waals surface area contributed by atoms with Crippen LogP contribution in [0.1, 0.15) is 22.3 Å². The second-order valence-corrected chi connectivity index (χ2v) is 6.21. The lowest BCUT2D eigenvalue weighted by Crippen LogP contribution is -1.97. The summed E-state index contributed by atoms with van der Waals surface area (Å²) >= 11 is 0. The van der Waals surface area contributed by atoms with Gasteiger partial charge in [-0.1, -0.05) is 121 Å². The maximum absolute atomic E-state index is 2.19. The summed E-state index contributed by atoms with van der Waals surface area (Å²) in [7, 11) is 0. The number of hydrogen-bond acceptors (Lipinski definition) is 0. The van der Waals surface area contributed by atoms with Gasteiger partial charge in [-0.25, -0.2) is 0 Å². The van der Waals surface area contributed by atoms with E-state index in [1.807, 2.05) is 0 Å². The summed E-state index contributed by atoms with van der Waals surface area (Å²) in [4.78, 5) is 0. The second-order valence-electron chi connectivity index (χ2n) is 6.21. The summed E-state index contributed by atoms with van der Waals surface area (Å²) in [5.74, 6) is 0. The van der Waals surface area contributed by atoms with Crippen LogP contribution in [0.3, 0.4) is 0 Å². The molecule has 0 N–H and O–H groups in total. The maximum Gasteiger partial charge on any atom is 0.0814 e. The van der Waals surface area contributed by atoms with Gasteiger partial charge in [0.1, 0.15) is 0 Å². The molecule has 0 atom stereocenters. The Balaban J connectivity index is 0.00000210. The van der Waals surface area contributed by atoms with E-state index in [1.54, 1.807) is 0 Å². The molecular formula is C26H23B. The van der Waals surface area contributed by atoms with E-state index in [0.29, 0.717) is 0 Å². The standard InChI is InChI=1S/C26H20.BH3/c1-5-13-21(14-6-1)25(22-15-7-2-8-16-22)26(23-17-9-3-10-18-23)24-19-11-4-12-20-24;/h1-20H;1H3. The van der Waals surface area contributed by atoms with Crippen LogP contribution in [0.15, 0.2) is 121 Å². The molecule has 0 aromatic heterocycles. The molecule has 0 saturated carbocycles. The van der Waals surface area contributed by atoms with Crippen LogP contribution in [0, 0.1) is 0 Å². The van der Waals surface area contributed by atoms with Crippen molar-refractivity contribution in [1.82, 2.24) is 0 Å². The molecule has 4 rings (SSSR count). The monoisotopic (exact) mass is 346 g/mol. The fraction of sp³-hybridized carbons (Fsp3) is 0. The van der Waals surface area contributed by atoms with E-state index in [1.165, 1.54) is 33.4 Å². The third-order valence-electron chi connectivity index (χ3n) is 4.50. The van der Waals surface area contributed by atoms with Gasteiger partial charge in [0.25, 0.3) is 0 Å². The summed E-state index contributed by atoms with van der Waals surface area (Å²) < 4.78 is 0. The van der Waals surface area contributed by atoms with Crippen molar-refractivity contribution < 1.29 is 0 Å². The lowest BCUT2D eigenvalue weighted by atomic mass is 9.86. The molecule has 4 aromatic rings. The fourth-order valence-electron chi connectivity index (χ4n) is 3.33. The second kappa shape index (κ2) is 8.87. The minimum Gasteiger partial charge on any atom is -0.0622 e. The lowest BCUT2D eigenvalue weighted by Gasteiger charge is -2.18. The molecule has 0 unspecified atom stereocenters. The van der Waals surface area contributed by atoms with Crippen molar-refractivity contribution >= 4 is 19.6 Å². The van der Waals surface area contributed by atoms with Crippen LogP contribution in [-0.2, 0) is 0 Å². The average molecular weight is 346 g/mol. The fourth-order valence-corrected chi connectivity index (χ4v) is 3.33. The van der Waals surface area contributed by atoms with E-state index < -0.39 is 0 Å². The molecular weight excluding hydrogens is 323 g/mol. The number of rotatable bonds is 4. The first kappa shape index (κ1) is 18.5. The lowest BCUT2D eigenvalue weighted by molar-refractivity contribution is 1.50. The zero-order chi connectivity index (χ0) is 17.6. The average Bonchev–Trinajstić information content (AvgIpc) is 2.74. The summed E-state index contributed by atoms with van der Waals surface area (Å²) in [5, 5.41) is 0. The molecule has 1 heteroatoms. The van der Waals surface area contributed by atoms with Crippen LogP contribution in [0.4, 0.5) is 0 Å². The van der Waals surface area contributed by atoms with E-state index in [4.69, 9.17) is 0 Å². The van der Waals surface area contributed by atoms with E-state index in [0.717, 1.165) is 0 Å². The van der Waals surface area contributed by atoms with Gasteiger partial charge in [-0.05, 0) is 33.4 Å². The minimum atomic E-state index is 0. The summed E-state index contributed by atoms with van der Waals surface area (Å²) in [6.45, 7) is 0. The zero-order valence-corrected chi connectivity index (χ0v) is 14.5. The van der Waals surface area contributed by atoms with Crippen molar-refractivity contribution in [3.63, 3.8) is 0 Å². The number of benzene rings is 4. The van der Waals surface area contributed by atoms with E-state index >= 15 is 0 Å². The molecule has 0 aliphatic rings. The molecule has 4 aromatic carbocycles. The number of hydrogen-bond donors (Lipinski definition) is 0. The van der Waals surface area contributed by atoms with Gasteiger partial charge in [0.2, 0.25) is 0 Å². The van der Waals surface area contributed by atoms with Gasteiger partial charge in [0, 0.05) is 0 Å². The van der Waals surface area contributed by atoms with Crippen LogP contribution >= 0.6 is 0 Å². The van der Waals surface area contributed by atoms with Gasteiger partial charge in [0.05, 0.1) is 8.41 Å². The molecule has 0 aliphatic carbocycles. The minimum absolute atomic E-state index is 0. The predicted molar refractivity (Wildman–Crippen MR) is 121 cm³/mol. The first-order chi connectivity index (χ1) is 12.9. The van der Waals surface area contributed by atoms with Gasteiger partial charge in [-0.2, -0.15) is 0 Å². The molecule has 0 spiro atoms. The van der Waals surface area contributed by atoms with Gasteiger partial charge < -0.3 is 0 Å². The summed E-state index contributed by atoms with van der Waals surface area (Å²) in [5.41, 5.74) is 7.40. The largest absolute Gasteiger partial charge is 0.0814 e. The zero-order valence-electron chi connectivity index (χ0n) is 14.5. The molecule has 0 saturated heterocycles. The Bertz CT molecular complexity index is 821.